The van der Waals surface area contributed by atoms with E-state index < -0.39 is 10.0 Å². The van der Waals surface area contributed by atoms with E-state index in [1.807, 2.05) is 0 Å². The van der Waals surface area contributed by atoms with Gasteiger partial charge in [-0.2, -0.15) is 0 Å². The Bertz CT molecular complexity index is 358. The Morgan fingerprint density at radius 3 is 2.76 bits per heavy atom. The second kappa shape index (κ2) is 5.22. The summed E-state index contributed by atoms with van der Waals surface area (Å²) in [6.07, 6.45) is 2.69. The summed E-state index contributed by atoms with van der Waals surface area (Å²) in [7, 11) is -1.51. The summed E-state index contributed by atoms with van der Waals surface area (Å²) >= 11 is 0. The van der Waals surface area contributed by atoms with Crippen molar-refractivity contribution in [2.45, 2.75) is 25.3 Å². The van der Waals surface area contributed by atoms with Crippen molar-refractivity contribution < 1.29 is 13.2 Å². The van der Waals surface area contributed by atoms with Crippen LogP contribution < -0.4 is 5.73 Å². The number of nitrogens with zero attached hydrogens (tertiary/aromatic N) is 1. The van der Waals surface area contributed by atoms with Crippen LogP contribution in [0.1, 0.15) is 19.3 Å². The molecule has 1 aliphatic carbocycles. The van der Waals surface area contributed by atoms with Gasteiger partial charge in [-0.05, 0) is 31.1 Å². The van der Waals surface area contributed by atoms with Gasteiger partial charge >= 0.3 is 0 Å². The number of methoxy groups -OCH3 is 1. The summed E-state index contributed by atoms with van der Waals surface area (Å²) < 4.78 is 30.7. The van der Waals surface area contributed by atoms with Crippen LogP contribution in [0.2, 0.25) is 0 Å². The number of hydrogen-bond donors (Lipinski definition) is 1. The molecular formula is C11H22N2O3S. The SMILES string of the molecule is COCCCS(=O)(=O)N1CC2CCC(N)C2C1. The van der Waals surface area contributed by atoms with E-state index in [9.17, 15) is 8.42 Å². The molecule has 1 heterocycles. The maximum absolute atomic E-state index is 12.1. The zero-order chi connectivity index (χ0) is 12.5. The van der Waals surface area contributed by atoms with E-state index >= 15 is 0 Å². The molecule has 3 unspecified atom stereocenters. The maximum atomic E-state index is 12.1. The van der Waals surface area contributed by atoms with E-state index in [0.717, 1.165) is 12.8 Å². The fraction of sp³-hybridized carbons (Fsp3) is 1.00. The first kappa shape index (κ1) is 13.3. The first-order valence-corrected chi connectivity index (χ1v) is 7.88. The van der Waals surface area contributed by atoms with Gasteiger partial charge in [0.05, 0.1) is 5.75 Å². The summed E-state index contributed by atoms with van der Waals surface area (Å²) in [4.78, 5) is 0. The van der Waals surface area contributed by atoms with Gasteiger partial charge in [-0.15, -0.1) is 0 Å². The van der Waals surface area contributed by atoms with Gasteiger partial charge in [0.25, 0.3) is 0 Å². The lowest BCUT2D eigenvalue weighted by Gasteiger charge is -2.18. The molecule has 0 radical (unpaired) electrons. The van der Waals surface area contributed by atoms with E-state index in [1.54, 1.807) is 11.4 Å². The largest absolute Gasteiger partial charge is 0.385 e. The Labute approximate surface area is 103 Å². The monoisotopic (exact) mass is 262 g/mol. The zero-order valence-electron chi connectivity index (χ0n) is 10.3. The van der Waals surface area contributed by atoms with Crippen molar-refractivity contribution in [2.24, 2.45) is 17.6 Å². The highest BCUT2D eigenvalue weighted by Gasteiger charge is 2.44. The second-order valence-electron chi connectivity index (χ2n) is 5.14. The first-order valence-electron chi connectivity index (χ1n) is 6.27. The first-order chi connectivity index (χ1) is 8.04. The van der Waals surface area contributed by atoms with Crippen molar-refractivity contribution in [1.29, 1.82) is 0 Å². The van der Waals surface area contributed by atoms with Gasteiger partial charge < -0.3 is 10.5 Å². The highest BCUT2D eigenvalue weighted by Crippen LogP contribution is 2.38. The average Bonchev–Trinajstić information content (AvgIpc) is 2.82. The number of hydrogen-bond acceptors (Lipinski definition) is 4. The van der Waals surface area contributed by atoms with Gasteiger partial charge in [0.15, 0.2) is 0 Å². The predicted molar refractivity (Wildman–Crippen MR) is 66.0 cm³/mol. The van der Waals surface area contributed by atoms with Crippen LogP contribution in [-0.4, -0.2) is 51.3 Å². The lowest BCUT2D eigenvalue weighted by atomic mass is 9.98. The van der Waals surface area contributed by atoms with Crippen LogP contribution in [0, 0.1) is 11.8 Å². The number of nitrogens with two attached hydrogens (primary N) is 1. The van der Waals surface area contributed by atoms with Crippen molar-refractivity contribution >= 4 is 10.0 Å². The molecule has 5 nitrogen and oxygen atoms in total. The maximum Gasteiger partial charge on any atom is 0.214 e. The molecule has 1 saturated heterocycles. The van der Waals surface area contributed by atoms with E-state index in [1.165, 1.54) is 0 Å². The highest BCUT2D eigenvalue weighted by molar-refractivity contribution is 7.89. The third kappa shape index (κ3) is 2.81. The lowest BCUT2D eigenvalue weighted by Crippen LogP contribution is -2.35. The molecule has 0 spiro atoms. The smallest absolute Gasteiger partial charge is 0.214 e. The van der Waals surface area contributed by atoms with E-state index in [-0.39, 0.29) is 11.8 Å². The molecule has 3 atom stereocenters. The molecule has 100 valence electrons. The molecule has 1 aliphatic heterocycles. The summed E-state index contributed by atoms with van der Waals surface area (Å²) in [6.45, 7) is 1.80. The van der Waals surface area contributed by atoms with Crippen LogP contribution in [0.4, 0.5) is 0 Å². The van der Waals surface area contributed by atoms with Crippen LogP contribution in [0.25, 0.3) is 0 Å². The minimum absolute atomic E-state index is 0.190. The molecule has 0 aromatic heterocycles. The fourth-order valence-electron chi connectivity index (χ4n) is 3.01. The van der Waals surface area contributed by atoms with Crippen molar-refractivity contribution in [3.05, 3.63) is 0 Å². The van der Waals surface area contributed by atoms with E-state index in [0.29, 0.717) is 38.0 Å². The average molecular weight is 262 g/mol. The quantitative estimate of drug-likeness (QED) is 0.709. The van der Waals surface area contributed by atoms with Crippen molar-refractivity contribution in [1.82, 2.24) is 4.31 Å². The van der Waals surface area contributed by atoms with Gasteiger partial charge in [-0.3, -0.25) is 0 Å². The molecular weight excluding hydrogens is 240 g/mol. The van der Waals surface area contributed by atoms with Crippen molar-refractivity contribution in [2.75, 3.05) is 32.6 Å². The van der Waals surface area contributed by atoms with Crippen LogP contribution in [0.3, 0.4) is 0 Å². The molecule has 6 heteroatoms. The molecule has 2 fully saturated rings. The number of ether oxygens (including phenoxy) is 1. The highest BCUT2D eigenvalue weighted by atomic mass is 32.2. The van der Waals surface area contributed by atoms with Crippen LogP contribution in [0.5, 0.6) is 0 Å². The van der Waals surface area contributed by atoms with Crippen LogP contribution in [0.15, 0.2) is 0 Å². The summed E-state index contributed by atoms with van der Waals surface area (Å²) in [6, 6.07) is 0.194. The summed E-state index contributed by atoms with van der Waals surface area (Å²) in [5.74, 6) is 1.06. The predicted octanol–water partition coefficient (Wildman–Crippen LogP) is 0.0218. The molecule has 0 amide bonds. The Morgan fingerprint density at radius 2 is 2.12 bits per heavy atom. The van der Waals surface area contributed by atoms with Gasteiger partial charge in [0.1, 0.15) is 0 Å². The molecule has 17 heavy (non-hydrogen) atoms. The van der Waals surface area contributed by atoms with Gasteiger partial charge in [-0.25, -0.2) is 12.7 Å². The summed E-state index contributed by atoms with van der Waals surface area (Å²) in [5.41, 5.74) is 6.01. The standard InChI is InChI=1S/C11H22N2O3S/c1-16-5-2-6-17(14,15)13-7-9-3-4-11(12)10(9)8-13/h9-11H,2-8,12H2,1H3. The molecule has 0 aromatic carbocycles. The molecule has 0 bridgehead atoms. The lowest BCUT2D eigenvalue weighted by molar-refractivity contribution is 0.199. The minimum Gasteiger partial charge on any atom is -0.385 e. The topological polar surface area (TPSA) is 72.6 Å². The van der Waals surface area contributed by atoms with Crippen molar-refractivity contribution in [3.8, 4) is 0 Å². The minimum atomic E-state index is -3.10. The molecule has 1 saturated carbocycles. The number of rotatable bonds is 5. The van der Waals surface area contributed by atoms with Crippen LogP contribution in [-0.2, 0) is 14.8 Å². The molecule has 2 rings (SSSR count). The van der Waals surface area contributed by atoms with E-state index in [4.69, 9.17) is 10.5 Å². The molecule has 2 aliphatic rings. The molecule has 0 aromatic rings. The van der Waals surface area contributed by atoms with Gasteiger partial charge in [0.2, 0.25) is 10.0 Å². The number of sulfonamides is 1. The second-order valence-corrected chi connectivity index (χ2v) is 7.23. The third-order valence-corrected chi connectivity index (χ3v) is 5.91. The van der Waals surface area contributed by atoms with Gasteiger partial charge in [0, 0.05) is 32.8 Å². The number of fused-ring (bicyclic) bond motifs is 1. The Kier molecular flexibility index (Phi) is 4.07. The third-order valence-electron chi connectivity index (χ3n) is 4.02. The van der Waals surface area contributed by atoms with Crippen LogP contribution >= 0.6 is 0 Å². The Morgan fingerprint density at radius 1 is 1.35 bits per heavy atom. The van der Waals surface area contributed by atoms with Crippen molar-refractivity contribution in [3.63, 3.8) is 0 Å². The Hall–Kier alpha value is -0.170. The fourth-order valence-corrected chi connectivity index (χ4v) is 4.57. The normalized spacial score (nSPS) is 34.1. The van der Waals surface area contributed by atoms with E-state index in [2.05, 4.69) is 0 Å². The molecule has 2 N–H and O–H groups in total. The van der Waals surface area contributed by atoms with Gasteiger partial charge in [-0.1, -0.05) is 0 Å². The summed E-state index contributed by atoms with van der Waals surface area (Å²) in [5, 5.41) is 0. The Balaban J connectivity index is 1.91. The zero-order valence-corrected chi connectivity index (χ0v) is 11.2.